The number of carbonyl (C=O) groups is 2. The molecule has 128 valence electrons. The van der Waals surface area contributed by atoms with E-state index in [9.17, 15) is 14.4 Å². The van der Waals surface area contributed by atoms with Crippen LogP contribution in [-0.4, -0.2) is 23.3 Å². The van der Waals surface area contributed by atoms with Crippen molar-refractivity contribution in [3.05, 3.63) is 67.0 Å². The van der Waals surface area contributed by atoms with Crippen molar-refractivity contribution in [2.45, 2.75) is 6.54 Å². The summed E-state index contributed by atoms with van der Waals surface area (Å²) in [6.45, 7) is 0.194. The molecule has 25 heavy (non-hydrogen) atoms. The standard InChI is InChI=1S/C17H14BrN3O3S/c18-10-5-11(25-9-10)6-20-15(22)8-21-17(24)13-7-19-14-4-2-1-3-12(14)16(13)23/h1-5,7,9H,6,8H2,(H,19,23)(H,20,22)(H,21,24). The van der Waals surface area contributed by atoms with Crippen LogP contribution in [0.1, 0.15) is 15.2 Å². The molecule has 0 radical (unpaired) electrons. The van der Waals surface area contributed by atoms with Crippen molar-refractivity contribution in [3.8, 4) is 0 Å². The molecule has 0 saturated heterocycles. The quantitative estimate of drug-likeness (QED) is 0.592. The molecule has 8 heteroatoms. The third-order valence-electron chi connectivity index (χ3n) is 3.52. The average Bonchev–Trinajstić information content (AvgIpc) is 3.04. The fraction of sp³-hybridized carbons (Fsp3) is 0.118. The van der Waals surface area contributed by atoms with Crippen LogP contribution in [0.15, 0.2) is 51.2 Å². The Balaban J connectivity index is 1.60. The van der Waals surface area contributed by atoms with Crippen molar-refractivity contribution in [1.82, 2.24) is 15.6 Å². The maximum absolute atomic E-state index is 12.3. The smallest absolute Gasteiger partial charge is 0.257 e. The second-order valence-electron chi connectivity index (χ2n) is 5.27. The highest BCUT2D eigenvalue weighted by Gasteiger charge is 2.13. The van der Waals surface area contributed by atoms with Gasteiger partial charge in [0, 0.05) is 31.8 Å². The molecule has 2 aromatic heterocycles. The van der Waals surface area contributed by atoms with E-state index in [2.05, 4.69) is 31.5 Å². The molecule has 2 heterocycles. The fourth-order valence-corrected chi connectivity index (χ4v) is 3.68. The number of carbonyl (C=O) groups excluding carboxylic acids is 2. The number of nitrogens with one attached hydrogen (secondary N) is 3. The Morgan fingerprint density at radius 3 is 2.76 bits per heavy atom. The zero-order chi connectivity index (χ0) is 17.8. The van der Waals surface area contributed by atoms with Crippen LogP contribution in [0, 0.1) is 0 Å². The Morgan fingerprint density at radius 1 is 1.20 bits per heavy atom. The molecule has 0 saturated carbocycles. The monoisotopic (exact) mass is 419 g/mol. The number of hydrogen-bond acceptors (Lipinski definition) is 4. The van der Waals surface area contributed by atoms with E-state index in [1.807, 2.05) is 11.4 Å². The van der Waals surface area contributed by atoms with Crippen LogP contribution in [0.4, 0.5) is 0 Å². The number of halogens is 1. The number of H-pyrrole nitrogens is 1. The highest BCUT2D eigenvalue weighted by atomic mass is 79.9. The lowest BCUT2D eigenvalue weighted by molar-refractivity contribution is -0.120. The maximum Gasteiger partial charge on any atom is 0.257 e. The number of para-hydroxylation sites is 1. The van der Waals surface area contributed by atoms with Crippen LogP contribution in [0.3, 0.4) is 0 Å². The Hall–Kier alpha value is -2.45. The minimum Gasteiger partial charge on any atom is -0.360 e. The largest absolute Gasteiger partial charge is 0.360 e. The molecule has 0 aliphatic carbocycles. The van der Waals surface area contributed by atoms with E-state index in [0.717, 1.165) is 9.35 Å². The summed E-state index contributed by atoms with van der Waals surface area (Å²) in [6, 6.07) is 8.86. The molecule has 0 bridgehead atoms. The number of fused-ring (bicyclic) bond motifs is 1. The van der Waals surface area contributed by atoms with Crippen molar-refractivity contribution >= 4 is 50.0 Å². The summed E-state index contributed by atoms with van der Waals surface area (Å²) >= 11 is 4.87. The van der Waals surface area contributed by atoms with Gasteiger partial charge in [0.15, 0.2) is 0 Å². The molecule has 0 fully saturated rings. The van der Waals surface area contributed by atoms with E-state index in [1.54, 1.807) is 24.3 Å². The molecule has 1 aromatic carbocycles. The molecule has 3 rings (SSSR count). The molecule has 0 atom stereocenters. The Kier molecular flexibility index (Phi) is 5.30. The Bertz CT molecular complexity index is 996. The molecule has 3 aromatic rings. The summed E-state index contributed by atoms with van der Waals surface area (Å²) in [5.41, 5.74) is 0.272. The summed E-state index contributed by atoms with van der Waals surface area (Å²) in [7, 11) is 0. The fourth-order valence-electron chi connectivity index (χ4n) is 2.29. The summed E-state index contributed by atoms with van der Waals surface area (Å²) in [6.07, 6.45) is 1.36. The minimum atomic E-state index is -0.582. The van der Waals surface area contributed by atoms with E-state index in [0.29, 0.717) is 17.4 Å². The zero-order valence-electron chi connectivity index (χ0n) is 13.0. The number of rotatable bonds is 5. The molecule has 6 nitrogen and oxygen atoms in total. The van der Waals surface area contributed by atoms with E-state index >= 15 is 0 Å². The first-order valence-electron chi connectivity index (χ1n) is 7.43. The number of benzene rings is 1. The van der Waals surface area contributed by atoms with Gasteiger partial charge in [-0.15, -0.1) is 11.3 Å². The van der Waals surface area contributed by atoms with E-state index < -0.39 is 5.91 Å². The summed E-state index contributed by atoms with van der Waals surface area (Å²) in [5, 5.41) is 7.54. The van der Waals surface area contributed by atoms with Crippen molar-refractivity contribution in [1.29, 1.82) is 0 Å². The van der Waals surface area contributed by atoms with Gasteiger partial charge in [-0.2, -0.15) is 0 Å². The van der Waals surface area contributed by atoms with Gasteiger partial charge in [0.2, 0.25) is 11.3 Å². The first kappa shape index (κ1) is 17.4. The van der Waals surface area contributed by atoms with Gasteiger partial charge < -0.3 is 15.6 Å². The van der Waals surface area contributed by atoms with Gasteiger partial charge >= 0.3 is 0 Å². The lowest BCUT2D eigenvalue weighted by atomic mass is 10.1. The van der Waals surface area contributed by atoms with Gasteiger partial charge in [-0.1, -0.05) is 12.1 Å². The predicted octanol–water partition coefficient (Wildman–Crippen LogP) is 2.40. The Labute approximate surface area is 155 Å². The van der Waals surface area contributed by atoms with Crippen LogP contribution in [0.2, 0.25) is 0 Å². The second kappa shape index (κ2) is 7.62. The van der Waals surface area contributed by atoms with Crippen molar-refractivity contribution in [3.63, 3.8) is 0 Å². The van der Waals surface area contributed by atoms with Gasteiger partial charge in [-0.3, -0.25) is 14.4 Å². The highest BCUT2D eigenvalue weighted by Crippen LogP contribution is 2.19. The lowest BCUT2D eigenvalue weighted by Gasteiger charge is -2.06. The molecule has 3 N–H and O–H groups in total. The zero-order valence-corrected chi connectivity index (χ0v) is 15.4. The van der Waals surface area contributed by atoms with Crippen molar-refractivity contribution in [2.24, 2.45) is 0 Å². The normalized spacial score (nSPS) is 10.6. The van der Waals surface area contributed by atoms with Crippen LogP contribution in [0.5, 0.6) is 0 Å². The average molecular weight is 420 g/mol. The topological polar surface area (TPSA) is 91.1 Å². The number of aromatic amines is 1. The second-order valence-corrected chi connectivity index (χ2v) is 7.18. The van der Waals surface area contributed by atoms with Gasteiger partial charge in [0.1, 0.15) is 5.56 Å². The van der Waals surface area contributed by atoms with Crippen molar-refractivity contribution < 1.29 is 9.59 Å². The lowest BCUT2D eigenvalue weighted by Crippen LogP contribution is -2.38. The number of amides is 2. The van der Waals surface area contributed by atoms with E-state index in [-0.39, 0.29) is 23.4 Å². The first-order valence-corrected chi connectivity index (χ1v) is 9.10. The number of hydrogen-bond donors (Lipinski definition) is 3. The summed E-state index contributed by atoms with van der Waals surface area (Å²) in [4.78, 5) is 40.3. The number of pyridine rings is 1. The first-order chi connectivity index (χ1) is 12.0. The molecular weight excluding hydrogens is 406 g/mol. The Morgan fingerprint density at radius 2 is 2.00 bits per heavy atom. The summed E-state index contributed by atoms with van der Waals surface area (Å²) < 4.78 is 0.964. The molecule has 0 spiro atoms. The van der Waals surface area contributed by atoms with Crippen molar-refractivity contribution in [2.75, 3.05) is 6.54 Å². The summed E-state index contributed by atoms with van der Waals surface area (Å²) in [5.74, 6) is -0.906. The van der Waals surface area contributed by atoms with Crippen LogP contribution < -0.4 is 16.1 Å². The van der Waals surface area contributed by atoms with Gasteiger partial charge in [0.05, 0.1) is 13.1 Å². The minimum absolute atomic E-state index is 0.0197. The molecule has 2 amide bonds. The number of thiophene rings is 1. The molecular formula is C17H14BrN3O3S. The van der Waals surface area contributed by atoms with Gasteiger partial charge in [0.25, 0.3) is 5.91 Å². The van der Waals surface area contributed by atoms with Gasteiger partial charge in [-0.05, 0) is 34.1 Å². The maximum atomic E-state index is 12.3. The SMILES string of the molecule is O=C(CNC(=O)c1c[nH]c2ccccc2c1=O)NCc1cc(Br)cs1. The molecule has 0 unspecified atom stereocenters. The molecule has 0 aliphatic heterocycles. The van der Waals surface area contributed by atoms with Crippen LogP contribution in [-0.2, 0) is 11.3 Å². The van der Waals surface area contributed by atoms with E-state index in [4.69, 9.17) is 0 Å². The van der Waals surface area contributed by atoms with E-state index in [1.165, 1.54) is 17.5 Å². The van der Waals surface area contributed by atoms with Crippen LogP contribution in [0.25, 0.3) is 10.9 Å². The third-order valence-corrected chi connectivity index (χ3v) is 5.22. The number of aromatic nitrogens is 1. The van der Waals surface area contributed by atoms with Gasteiger partial charge in [-0.25, -0.2) is 0 Å². The highest BCUT2D eigenvalue weighted by molar-refractivity contribution is 9.10. The van der Waals surface area contributed by atoms with Crippen LogP contribution >= 0.6 is 27.3 Å². The molecule has 0 aliphatic rings. The third kappa shape index (κ3) is 4.15. The predicted molar refractivity (Wildman–Crippen MR) is 101 cm³/mol.